The molecule has 1 saturated heterocycles. The quantitative estimate of drug-likeness (QED) is 0.760. The molecule has 1 aliphatic heterocycles. The van der Waals surface area contributed by atoms with Gasteiger partial charge in [-0.05, 0) is 38.7 Å². The summed E-state index contributed by atoms with van der Waals surface area (Å²) in [5, 5.41) is 3.46. The van der Waals surface area contributed by atoms with E-state index in [2.05, 4.69) is 23.5 Å². The molecule has 94 valence electrons. The summed E-state index contributed by atoms with van der Waals surface area (Å²) in [5.74, 6) is 0. The Balaban J connectivity index is 2.09. The summed E-state index contributed by atoms with van der Waals surface area (Å²) in [6.45, 7) is 4.07. The van der Waals surface area contributed by atoms with E-state index < -0.39 is 0 Å². The zero-order chi connectivity index (χ0) is 12.3. The fourth-order valence-electron chi connectivity index (χ4n) is 2.57. The Morgan fingerprint density at radius 3 is 3.00 bits per heavy atom. The number of rotatable bonds is 4. The molecule has 0 aromatic carbocycles. The first kappa shape index (κ1) is 12.5. The van der Waals surface area contributed by atoms with E-state index >= 15 is 0 Å². The molecule has 0 spiro atoms. The summed E-state index contributed by atoms with van der Waals surface area (Å²) >= 11 is 0. The van der Waals surface area contributed by atoms with Crippen LogP contribution in [-0.2, 0) is 9.53 Å². The van der Waals surface area contributed by atoms with Crippen molar-refractivity contribution in [2.45, 2.75) is 57.4 Å². The summed E-state index contributed by atoms with van der Waals surface area (Å²) in [6, 6.07) is 0.240. The largest absolute Gasteiger partial charge is 0.352 e. The second-order valence-corrected chi connectivity index (χ2v) is 5.23. The van der Waals surface area contributed by atoms with Gasteiger partial charge in [0.1, 0.15) is 12.0 Å². The van der Waals surface area contributed by atoms with Crippen LogP contribution in [0.15, 0.2) is 23.8 Å². The van der Waals surface area contributed by atoms with E-state index in [-0.39, 0.29) is 17.9 Å². The number of ether oxygens (including phenoxy) is 1. The molecule has 0 aromatic heterocycles. The molecule has 0 saturated carbocycles. The number of carbonyl (C=O) groups is 1. The summed E-state index contributed by atoms with van der Waals surface area (Å²) in [7, 11) is 0. The molecule has 2 rings (SSSR count). The van der Waals surface area contributed by atoms with Gasteiger partial charge in [0.25, 0.3) is 0 Å². The number of nitrogens with one attached hydrogen (secondary N) is 1. The smallest absolute Gasteiger partial charge is 0.120 e. The number of carbonyl (C=O) groups excluding carboxylic acids is 1. The van der Waals surface area contributed by atoms with Gasteiger partial charge in [-0.25, -0.2) is 0 Å². The lowest BCUT2D eigenvalue weighted by Crippen LogP contribution is -2.39. The minimum absolute atomic E-state index is 0.0847. The maximum Gasteiger partial charge on any atom is 0.120 e. The van der Waals surface area contributed by atoms with E-state index in [0.717, 1.165) is 25.5 Å². The summed E-state index contributed by atoms with van der Waals surface area (Å²) in [5.41, 5.74) is 0.954. The molecular weight excluding hydrogens is 214 g/mol. The van der Waals surface area contributed by atoms with Gasteiger partial charge in [-0.3, -0.25) is 5.32 Å². The maximum absolute atomic E-state index is 10.5. The maximum atomic E-state index is 10.5. The van der Waals surface area contributed by atoms with Crippen molar-refractivity contribution >= 4 is 6.29 Å². The Bertz CT molecular complexity index is 344. The zero-order valence-electron chi connectivity index (χ0n) is 10.6. The van der Waals surface area contributed by atoms with Crippen molar-refractivity contribution in [3.05, 3.63) is 23.8 Å². The van der Waals surface area contributed by atoms with Crippen LogP contribution in [0.3, 0.4) is 0 Å². The van der Waals surface area contributed by atoms with Crippen LogP contribution in [0.2, 0.25) is 0 Å². The highest BCUT2D eigenvalue weighted by Gasteiger charge is 2.40. The van der Waals surface area contributed by atoms with Crippen molar-refractivity contribution in [3.63, 3.8) is 0 Å². The molecule has 0 aromatic rings. The first-order chi connectivity index (χ1) is 8.12. The summed E-state index contributed by atoms with van der Waals surface area (Å²) in [4.78, 5) is 10.5. The van der Waals surface area contributed by atoms with Crippen molar-refractivity contribution in [1.29, 1.82) is 0 Å². The number of hydrogen-bond donors (Lipinski definition) is 1. The van der Waals surface area contributed by atoms with Gasteiger partial charge in [0, 0.05) is 12.5 Å². The van der Waals surface area contributed by atoms with Crippen molar-refractivity contribution in [3.8, 4) is 0 Å². The van der Waals surface area contributed by atoms with E-state index in [1.54, 1.807) is 0 Å². The van der Waals surface area contributed by atoms with Crippen molar-refractivity contribution in [2.24, 2.45) is 0 Å². The molecule has 0 unspecified atom stereocenters. The van der Waals surface area contributed by atoms with Crippen LogP contribution in [0.5, 0.6) is 0 Å². The van der Waals surface area contributed by atoms with Crippen LogP contribution < -0.4 is 5.32 Å². The Kier molecular flexibility index (Phi) is 3.79. The highest BCUT2D eigenvalue weighted by atomic mass is 16.5. The molecule has 3 heteroatoms. The van der Waals surface area contributed by atoms with Gasteiger partial charge in [0.05, 0.1) is 6.10 Å². The van der Waals surface area contributed by atoms with Crippen LogP contribution in [0.1, 0.15) is 39.5 Å². The van der Waals surface area contributed by atoms with Gasteiger partial charge in [0.2, 0.25) is 0 Å². The Hall–Kier alpha value is -0.930. The molecule has 2 aliphatic rings. The summed E-state index contributed by atoms with van der Waals surface area (Å²) in [6.07, 6.45) is 11.3. The third-order valence-corrected chi connectivity index (χ3v) is 3.27. The lowest BCUT2D eigenvalue weighted by atomic mass is 9.95. The SMILES string of the molecule is CC1(C)N[C@H](CCC=O)[C@@H](C2=CCCC=C2)O1. The van der Waals surface area contributed by atoms with Crippen LogP contribution in [0.25, 0.3) is 0 Å². The lowest BCUT2D eigenvalue weighted by molar-refractivity contribution is -0.108. The second-order valence-electron chi connectivity index (χ2n) is 5.23. The molecule has 1 heterocycles. The number of aldehydes is 1. The topological polar surface area (TPSA) is 38.3 Å². The van der Waals surface area contributed by atoms with Crippen LogP contribution >= 0.6 is 0 Å². The number of hydrogen-bond acceptors (Lipinski definition) is 3. The first-order valence-electron chi connectivity index (χ1n) is 6.38. The van der Waals surface area contributed by atoms with Crippen molar-refractivity contribution < 1.29 is 9.53 Å². The molecule has 1 aliphatic carbocycles. The highest BCUT2D eigenvalue weighted by Crippen LogP contribution is 2.30. The molecule has 17 heavy (non-hydrogen) atoms. The molecule has 1 fully saturated rings. The molecule has 0 amide bonds. The monoisotopic (exact) mass is 235 g/mol. The first-order valence-corrected chi connectivity index (χ1v) is 6.38. The van der Waals surface area contributed by atoms with Gasteiger partial charge in [-0.1, -0.05) is 18.2 Å². The zero-order valence-corrected chi connectivity index (χ0v) is 10.6. The van der Waals surface area contributed by atoms with E-state index in [4.69, 9.17) is 4.74 Å². The van der Waals surface area contributed by atoms with Gasteiger partial charge >= 0.3 is 0 Å². The van der Waals surface area contributed by atoms with E-state index in [1.165, 1.54) is 5.57 Å². The lowest BCUT2D eigenvalue weighted by Gasteiger charge is -2.20. The van der Waals surface area contributed by atoms with E-state index in [9.17, 15) is 4.79 Å². The predicted molar refractivity (Wildman–Crippen MR) is 67.6 cm³/mol. The van der Waals surface area contributed by atoms with Crippen LogP contribution in [-0.4, -0.2) is 24.2 Å². The molecular formula is C14H21NO2. The number of allylic oxidation sites excluding steroid dienone is 2. The fourth-order valence-corrected chi connectivity index (χ4v) is 2.57. The minimum atomic E-state index is -0.301. The normalized spacial score (nSPS) is 31.3. The molecule has 1 N–H and O–H groups in total. The van der Waals surface area contributed by atoms with E-state index in [0.29, 0.717) is 6.42 Å². The predicted octanol–water partition coefficient (Wildman–Crippen LogP) is 2.33. The Morgan fingerprint density at radius 1 is 1.53 bits per heavy atom. The van der Waals surface area contributed by atoms with Gasteiger partial charge in [-0.2, -0.15) is 0 Å². The third kappa shape index (κ3) is 3.05. The molecule has 0 radical (unpaired) electrons. The minimum Gasteiger partial charge on any atom is -0.352 e. The van der Waals surface area contributed by atoms with Crippen LogP contribution in [0, 0.1) is 0 Å². The standard InChI is InChI=1S/C14H21NO2/c1-14(2)15-12(9-6-10-16)13(17-14)11-7-4-3-5-8-11/h4,7-8,10,12-13,15H,3,5-6,9H2,1-2H3/t12-,13-/m1/s1. The molecule has 2 atom stereocenters. The highest BCUT2D eigenvalue weighted by molar-refractivity contribution is 5.49. The van der Waals surface area contributed by atoms with Crippen LogP contribution in [0.4, 0.5) is 0 Å². The fraction of sp³-hybridized carbons (Fsp3) is 0.643. The van der Waals surface area contributed by atoms with Gasteiger partial charge < -0.3 is 9.53 Å². The van der Waals surface area contributed by atoms with Crippen molar-refractivity contribution in [2.75, 3.05) is 0 Å². The Labute approximate surface area is 103 Å². The average Bonchev–Trinajstić information content (AvgIpc) is 2.63. The van der Waals surface area contributed by atoms with Gasteiger partial charge in [-0.15, -0.1) is 0 Å². The average molecular weight is 235 g/mol. The Morgan fingerprint density at radius 2 is 2.35 bits per heavy atom. The second kappa shape index (κ2) is 5.15. The summed E-state index contributed by atoms with van der Waals surface area (Å²) < 4.78 is 6.05. The van der Waals surface area contributed by atoms with Gasteiger partial charge in [0.15, 0.2) is 0 Å². The van der Waals surface area contributed by atoms with Crippen molar-refractivity contribution in [1.82, 2.24) is 5.32 Å². The third-order valence-electron chi connectivity index (χ3n) is 3.27. The molecule has 0 bridgehead atoms. The molecule has 3 nitrogen and oxygen atoms in total. The van der Waals surface area contributed by atoms with E-state index in [1.807, 2.05) is 13.8 Å².